The largest absolute Gasteiger partial charge is 0.495 e. The molecule has 0 unspecified atom stereocenters. The van der Waals surface area contributed by atoms with Crippen LogP contribution in [0, 0.1) is 0 Å². The summed E-state index contributed by atoms with van der Waals surface area (Å²) in [5.41, 5.74) is 0.955. The third kappa shape index (κ3) is 2.59. The molecule has 0 bridgehead atoms. The first-order valence-electron chi connectivity index (χ1n) is 5.75. The zero-order valence-electron chi connectivity index (χ0n) is 10.6. The number of nitrogens with zero attached hydrogens (tertiary/aromatic N) is 2. The third-order valence-electron chi connectivity index (χ3n) is 2.47. The summed E-state index contributed by atoms with van der Waals surface area (Å²) in [4.78, 5) is 4.29. The monoisotopic (exact) mass is 265 g/mol. The first kappa shape index (κ1) is 12.8. The fourth-order valence-electron chi connectivity index (χ4n) is 1.68. The van der Waals surface area contributed by atoms with Crippen molar-refractivity contribution in [2.24, 2.45) is 0 Å². The van der Waals surface area contributed by atoms with E-state index in [0.29, 0.717) is 16.8 Å². The summed E-state index contributed by atoms with van der Waals surface area (Å²) in [7, 11) is 1.60. The number of halogens is 1. The van der Waals surface area contributed by atoms with Gasteiger partial charge in [-0.2, -0.15) is 0 Å². The van der Waals surface area contributed by atoms with E-state index in [4.69, 9.17) is 16.3 Å². The fourth-order valence-corrected chi connectivity index (χ4v) is 1.87. The van der Waals surface area contributed by atoms with Gasteiger partial charge in [-0.3, -0.25) is 4.57 Å². The number of aromatic nitrogens is 2. The van der Waals surface area contributed by atoms with Gasteiger partial charge in [0.25, 0.3) is 0 Å². The lowest BCUT2D eigenvalue weighted by atomic mass is 10.3. The van der Waals surface area contributed by atoms with Crippen LogP contribution in [0.3, 0.4) is 0 Å². The quantitative estimate of drug-likeness (QED) is 0.921. The molecule has 0 saturated carbocycles. The summed E-state index contributed by atoms with van der Waals surface area (Å²) < 4.78 is 7.18. The predicted octanol–water partition coefficient (Wildman–Crippen LogP) is 3.35. The van der Waals surface area contributed by atoms with Gasteiger partial charge in [-0.1, -0.05) is 11.6 Å². The molecule has 18 heavy (non-hydrogen) atoms. The molecule has 0 saturated heterocycles. The molecule has 1 aromatic carbocycles. The maximum absolute atomic E-state index is 6.02. The van der Waals surface area contributed by atoms with E-state index in [0.717, 1.165) is 11.6 Å². The van der Waals surface area contributed by atoms with E-state index in [-0.39, 0.29) is 0 Å². The van der Waals surface area contributed by atoms with E-state index in [1.54, 1.807) is 13.3 Å². The maximum Gasteiger partial charge on any atom is 0.207 e. The van der Waals surface area contributed by atoms with Crippen LogP contribution in [0.5, 0.6) is 5.75 Å². The Kier molecular flexibility index (Phi) is 3.77. The topological polar surface area (TPSA) is 39.1 Å². The lowest BCUT2D eigenvalue weighted by molar-refractivity contribution is 0.415. The van der Waals surface area contributed by atoms with E-state index >= 15 is 0 Å². The normalized spacial score (nSPS) is 10.7. The summed E-state index contributed by atoms with van der Waals surface area (Å²) in [5.74, 6) is 1.45. The number of hydrogen-bond acceptors (Lipinski definition) is 3. The van der Waals surface area contributed by atoms with Crippen LogP contribution in [0.4, 0.5) is 5.95 Å². The molecule has 5 heteroatoms. The van der Waals surface area contributed by atoms with Gasteiger partial charge in [-0.15, -0.1) is 0 Å². The Hall–Kier alpha value is -1.68. The van der Waals surface area contributed by atoms with Gasteiger partial charge < -0.3 is 10.1 Å². The van der Waals surface area contributed by atoms with Crippen molar-refractivity contribution in [1.29, 1.82) is 0 Å². The third-order valence-corrected chi connectivity index (χ3v) is 2.78. The molecule has 0 aliphatic carbocycles. The van der Waals surface area contributed by atoms with Crippen molar-refractivity contribution >= 4 is 17.5 Å². The Bertz CT molecular complexity index is 537. The van der Waals surface area contributed by atoms with Crippen LogP contribution in [-0.2, 0) is 0 Å². The van der Waals surface area contributed by atoms with Gasteiger partial charge in [-0.25, -0.2) is 4.98 Å². The minimum Gasteiger partial charge on any atom is -0.495 e. The van der Waals surface area contributed by atoms with Gasteiger partial charge in [0.05, 0.1) is 17.8 Å². The first-order valence-corrected chi connectivity index (χ1v) is 6.13. The van der Waals surface area contributed by atoms with Crippen LogP contribution in [-0.4, -0.2) is 22.7 Å². The zero-order valence-corrected chi connectivity index (χ0v) is 11.4. The lowest BCUT2D eigenvalue weighted by Gasteiger charge is -2.13. The molecule has 0 fully saturated rings. The van der Waals surface area contributed by atoms with Crippen molar-refractivity contribution < 1.29 is 4.74 Å². The Labute approximate surface area is 112 Å². The van der Waals surface area contributed by atoms with Gasteiger partial charge in [0.15, 0.2) is 0 Å². The van der Waals surface area contributed by atoms with E-state index in [1.807, 2.05) is 29.0 Å². The van der Waals surface area contributed by atoms with Crippen molar-refractivity contribution in [3.63, 3.8) is 0 Å². The standard InChI is InChI=1S/C13H16ClN3O/c1-9(2)16-13-15-6-7-17(13)10-4-5-11(14)12(8-10)18-3/h4-9H,1-3H3,(H,15,16). The second-order valence-electron chi connectivity index (χ2n) is 4.24. The smallest absolute Gasteiger partial charge is 0.207 e. The van der Waals surface area contributed by atoms with Crippen molar-refractivity contribution in [3.05, 3.63) is 35.6 Å². The van der Waals surface area contributed by atoms with Crippen LogP contribution >= 0.6 is 11.6 Å². The van der Waals surface area contributed by atoms with Crippen LogP contribution in [0.15, 0.2) is 30.6 Å². The lowest BCUT2D eigenvalue weighted by Crippen LogP contribution is -2.13. The summed E-state index contributed by atoms with van der Waals surface area (Å²) in [6.45, 7) is 4.14. The van der Waals surface area contributed by atoms with Crippen molar-refractivity contribution in [2.45, 2.75) is 19.9 Å². The number of hydrogen-bond donors (Lipinski definition) is 1. The van der Waals surface area contributed by atoms with E-state index in [1.165, 1.54) is 0 Å². The van der Waals surface area contributed by atoms with Gasteiger partial charge in [0.1, 0.15) is 5.75 Å². The minimum atomic E-state index is 0.320. The molecule has 4 nitrogen and oxygen atoms in total. The van der Waals surface area contributed by atoms with E-state index in [9.17, 15) is 0 Å². The molecule has 1 heterocycles. The number of nitrogens with one attached hydrogen (secondary N) is 1. The molecule has 1 N–H and O–H groups in total. The highest BCUT2D eigenvalue weighted by Crippen LogP contribution is 2.27. The van der Waals surface area contributed by atoms with Crippen LogP contribution in [0.1, 0.15) is 13.8 Å². The van der Waals surface area contributed by atoms with Crippen LogP contribution in [0.2, 0.25) is 5.02 Å². The predicted molar refractivity (Wildman–Crippen MR) is 73.9 cm³/mol. The number of benzene rings is 1. The molecular formula is C13H16ClN3O. The Morgan fingerprint density at radius 2 is 2.17 bits per heavy atom. The van der Waals surface area contributed by atoms with E-state index in [2.05, 4.69) is 24.1 Å². The molecule has 0 aliphatic rings. The minimum absolute atomic E-state index is 0.320. The Balaban J connectivity index is 2.39. The first-order chi connectivity index (χ1) is 8.61. The summed E-state index contributed by atoms with van der Waals surface area (Å²) >= 11 is 6.02. The molecule has 0 radical (unpaired) electrons. The number of anilines is 1. The number of rotatable bonds is 4. The number of ether oxygens (including phenoxy) is 1. The average molecular weight is 266 g/mol. The Morgan fingerprint density at radius 3 is 2.83 bits per heavy atom. The molecule has 1 aromatic heterocycles. The SMILES string of the molecule is COc1cc(-n2ccnc2NC(C)C)ccc1Cl. The van der Waals surface area contributed by atoms with Crippen molar-refractivity contribution in [3.8, 4) is 11.4 Å². The van der Waals surface area contributed by atoms with E-state index < -0.39 is 0 Å². The molecule has 0 amide bonds. The molecular weight excluding hydrogens is 250 g/mol. The Morgan fingerprint density at radius 1 is 1.39 bits per heavy atom. The molecule has 0 aliphatic heterocycles. The molecule has 0 spiro atoms. The van der Waals surface area contributed by atoms with Gasteiger partial charge >= 0.3 is 0 Å². The fraction of sp³-hybridized carbons (Fsp3) is 0.308. The highest BCUT2D eigenvalue weighted by atomic mass is 35.5. The van der Waals surface area contributed by atoms with Crippen LogP contribution < -0.4 is 10.1 Å². The molecule has 2 aromatic rings. The average Bonchev–Trinajstić information content (AvgIpc) is 2.77. The summed E-state index contributed by atoms with van der Waals surface area (Å²) in [6, 6.07) is 5.95. The summed E-state index contributed by atoms with van der Waals surface area (Å²) in [5, 5.41) is 3.88. The highest BCUT2D eigenvalue weighted by Gasteiger charge is 2.08. The molecule has 96 valence electrons. The molecule has 2 rings (SSSR count). The van der Waals surface area contributed by atoms with Gasteiger partial charge in [-0.05, 0) is 26.0 Å². The number of imidazole rings is 1. The zero-order chi connectivity index (χ0) is 13.1. The summed E-state index contributed by atoms with van der Waals surface area (Å²) in [6.07, 6.45) is 3.65. The second-order valence-corrected chi connectivity index (χ2v) is 4.65. The maximum atomic E-state index is 6.02. The van der Waals surface area contributed by atoms with Crippen molar-refractivity contribution in [1.82, 2.24) is 9.55 Å². The second kappa shape index (κ2) is 5.31. The van der Waals surface area contributed by atoms with Crippen LogP contribution in [0.25, 0.3) is 5.69 Å². The van der Waals surface area contributed by atoms with Crippen molar-refractivity contribution in [2.75, 3.05) is 12.4 Å². The van der Waals surface area contributed by atoms with Gasteiger partial charge in [0.2, 0.25) is 5.95 Å². The molecule has 0 atom stereocenters. The highest BCUT2D eigenvalue weighted by molar-refractivity contribution is 6.32. The number of methoxy groups -OCH3 is 1. The van der Waals surface area contributed by atoms with Gasteiger partial charge in [0, 0.05) is 24.5 Å².